The zero-order valence-electron chi connectivity index (χ0n) is 27.9. The number of nitrogens with zero attached hydrogens (tertiary/aromatic N) is 2. The topological polar surface area (TPSA) is 43.8 Å². The van der Waals surface area contributed by atoms with Gasteiger partial charge in [-0.25, -0.2) is 4.98 Å². The molecule has 3 nitrogen and oxygen atoms in total. The molecule has 0 amide bonds. The van der Waals surface area contributed by atoms with E-state index in [0.717, 1.165) is 40.8 Å². The number of allylic oxidation sites excluding steroid dienone is 3. The maximum Gasteiger partial charge on any atom is 0.140 e. The maximum atomic E-state index is 5.85. The van der Waals surface area contributed by atoms with Crippen molar-refractivity contribution in [1.29, 1.82) is 0 Å². The fraction of sp³-hybridized carbons (Fsp3) is 0.375. The number of hydrogen-bond donors (Lipinski definition) is 1. The number of aryl methyl sites for hydroxylation is 3. The third kappa shape index (κ3) is 11.4. The molecule has 0 unspecified atom stereocenters. The molecule has 1 heterocycles. The van der Waals surface area contributed by atoms with Crippen LogP contribution in [0.4, 0.5) is 0 Å². The second-order valence-electron chi connectivity index (χ2n) is 11.1. The lowest BCUT2D eigenvalue weighted by Gasteiger charge is -2.06. The monoisotopic (exact) mass is 577 g/mol. The molecule has 0 aliphatic rings. The van der Waals surface area contributed by atoms with Gasteiger partial charge in [-0.3, -0.25) is 0 Å². The first kappa shape index (κ1) is 35.3. The van der Waals surface area contributed by atoms with Gasteiger partial charge in [0.25, 0.3) is 0 Å². The number of unbranched alkanes of at least 4 members (excludes halogenated alkanes) is 5. The summed E-state index contributed by atoms with van der Waals surface area (Å²) in [5, 5.41) is 0. The molecule has 0 aliphatic heterocycles. The SMILES string of the molecule is C=C(N)c1ccc2c(c1)nc(-c1ccc(CC/C(C)=C/C=C\c3ccccc3C)cc1)n2C.CC.CCCCCCCC. The Labute approximate surface area is 262 Å². The molecule has 4 aromatic rings. The van der Waals surface area contributed by atoms with Crippen LogP contribution < -0.4 is 5.73 Å². The molecular formula is C40H55N3. The first-order valence-electron chi connectivity index (χ1n) is 16.2. The molecule has 0 bridgehead atoms. The number of aromatic nitrogens is 2. The van der Waals surface area contributed by atoms with Crippen molar-refractivity contribution >= 4 is 22.8 Å². The number of benzene rings is 3. The normalized spacial score (nSPS) is 11.2. The van der Waals surface area contributed by atoms with E-state index in [1.165, 1.54) is 60.8 Å². The first-order valence-corrected chi connectivity index (χ1v) is 16.2. The van der Waals surface area contributed by atoms with Crippen LogP contribution in [0.5, 0.6) is 0 Å². The van der Waals surface area contributed by atoms with Crippen molar-refractivity contribution in [2.75, 3.05) is 0 Å². The standard InChI is InChI=1S/C30H31N3.C8H18.C2H6/c1-21(8-7-11-25-10-6-5-9-22(25)2)12-13-24-14-16-26(17-15-24)30-32-28-20-27(23(3)31)18-19-29(28)33(30)4;1-3-5-7-8-6-4-2;1-2/h5-11,14-20H,3,12-13,31H2,1-2,4H3;3-8H2,1-2H3;1-2H3/b11-7-,21-8+;;. The van der Waals surface area contributed by atoms with Crippen molar-refractivity contribution in [3.8, 4) is 11.4 Å². The Bertz CT molecular complexity index is 1450. The van der Waals surface area contributed by atoms with Crippen molar-refractivity contribution in [3.05, 3.63) is 113 Å². The third-order valence-electron chi connectivity index (χ3n) is 7.57. The van der Waals surface area contributed by atoms with E-state index in [1.807, 2.05) is 33.0 Å². The summed E-state index contributed by atoms with van der Waals surface area (Å²) in [5.41, 5.74) is 15.7. The smallest absolute Gasteiger partial charge is 0.140 e. The Morgan fingerprint density at radius 1 is 0.907 bits per heavy atom. The maximum absolute atomic E-state index is 5.85. The quantitative estimate of drug-likeness (QED) is 0.134. The molecule has 2 N–H and O–H groups in total. The summed E-state index contributed by atoms with van der Waals surface area (Å²) in [5.74, 6) is 0.953. The molecule has 0 saturated carbocycles. The van der Waals surface area contributed by atoms with Crippen LogP contribution in [-0.2, 0) is 13.5 Å². The van der Waals surface area contributed by atoms with Gasteiger partial charge in [-0.15, -0.1) is 0 Å². The lowest BCUT2D eigenvalue weighted by molar-refractivity contribution is 0.624. The van der Waals surface area contributed by atoms with Gasteiger partial charge in [0, 0.05) is 18.3 Å². The highest BCUT2D eigenvalue weighted by Crippen LogP contribution is 2.26. The molecule has 0 aliphatic carbocycles. The van der Waals surface area contributed by atoms with Gasteiger partial charge in [-0.1, -0.05) is 151 Å². The van der Waals surface area contributed by atoms with Crippen LogP contribution in [0.15, 0.2) is 91.0 Å². The van der Waals surface area contributed by atoms with E-state index in [9.17, 15) is 0 Å². The highest BCUT2D eigenvalue weighted by molar-refractivity contribution is 5.84. The highest BCUT2D eigenvalue weighted by Gasteiger charge is 2.11. The highest BCUT2D eigenvalue weighted by atomic mass is 15.1. The Balaban J connectivity index is 0.000000561. The Morgan fingerprint density at radius 2 is 1.56 bits per heavy atom. The molecule has 0 fully saturated rings. The van der Waals surface area contributed by atoms with E-state index in [-0.39, 0.29) is 0 Å². The first-order chi connectivity index (χ1) is 20.8. The number of hydrogen-bond acceptors (Lipinski definition) is 2. The van der Waals surface area contributed by atoms with Gasteiger partial charge >= 0.3 is 0 Å². The molecule has 43 heavy (non-hydrogen) atoms. The number of fused-ring (bicyclic) bond motifs is 1. The summed E-state index contributed by atoms with van der Waals surface area (Å²) in [6.07, 6.45) is 17.1. The van der Waals surface area contributed by atoms with E-state index in [1.54, 1.807) is 0 Å². The number of nitrogens with two attached hydrogens (primary N) is 1. The summed E-state index contributed by atoms with van der Waals surface area (Å²) in [4.78, 5) is 4.84. The fourth-order valence-corrected chi connectivity index (χ4v) is 4.85. The molecule has 4 rings (SSSR count). The van der Waals surface area contributed by atoms with Crippen LogP contribution >= 0.6 is 0 Å². The van der Waals surface area contributed by atoms with Crippen molar-refractivity contribution in [1.82, 2.24) is 9.55 Å². The molecular weight excluding hydrogens is 522 g/mol. The van der Waals surface area contributed by atoms with Crippen LogP contribution in [0.1, 0.15) is 102 Å². The third-order valence-corrected chi connectivity index (χ3v) is 7.57. The summed E-state index contributed by atoms with van der Waals surface area (Å²) in [7, 11) is 2.05. The van der Waals surface area contributed by atoms with Crippen LogP contribution in [0.25, 0.3) is 34.2 Å². The van der Waals surface area contributed by atoms with Gasteiger partial charge in [0.1, 0.15) is 5.82 Å². The summed E-state index contributed by atoms with van der Waals surface area (Å²) < 4.78 is 2.13. The largest absolute Gasteiger partial charge is 0.399 e. The molecule has 0 spiro atoms. The average molecular weight is 578 g/mol. The van der Waals surface area contributed by atoms with Crippen LogP contribution in [-0.4, -0.2) is 9.55 Å². The minimum absolute atomic E-state index is 0.559. The van der Waals surface area contributed by atoms with Crippen molar-refractivity contribution in [3.63, 3.8) is 0 Å². The molecule has 230 valence electrons. The van der Waals surface area contributed by atoms with Gasteiger partial charge < -0.3 is 10.3 Å². The second kappa shape index (κ2) is 19.4. The lowest BCUT2D eigenvalue weighted by Crippen LogP contribution is -1.94. The molecule has 3 aromatic carbocycles. The average Bonchev–Trinajstić information content (AvgIpc) is 3.36. The van der Waals surface area contributed by atoms with Crippen molar-refractivity contribution < 1.29 is 0 Å². The number of imidazole rings is 1. The number of rotatable bonds is 12. The Hall–Kier alpha value is -3.85. The second-order valence-corrected chi connectivity index (χ2v) is 11.1. The molecule has 0 radical (unpaired) electrons. The van der Waals surface area contributed by atoms with E-state index >= 15 is 0 Å². The summed E-state index contributed by atoms with van der Waals surface area (Å²) in [6, 6.07) is 23.2. The minimum atomic E-state index is 0.559. The fourth-order valence-electron chi connectivity index (χ4n) is 4.85. The van der Waals surface area contributed by atoms with Crippen LogP contribution in [0.3, 0.4) is 0 Å². The minimum Gasteiger partial charge on any atom is -0.399 e. The predicted molar refractivity (Wildman–Crippen MR) is 192 cm³/mol. The van der Waals surface area contributed by atoms with Gasteiger partial charge in [0.05, 0.1) is 11.0 Å². The lowest BCUT2D eigenvalue weighted by atomic mass is 10.0. The van der Waals surface area contributed by atoms with E-state index in [2.05, 4.69) is 112 Å². The molecule has 0 atom stereocenters. The van der Waals surface area contributed by atoms with E-state index < -0.39 is 0 Å². The molecule has 0 saturated heterocycles. The Morgan fingerprint density at radius 3 is 2.16 bits per heavy atom. The predicted octanol–water partition coefficient (Wildman–Crippen LogP) is 11.5. The van der Waals surface area contributed by atoms with E-state index in [4.69, 9.17) is 10.7 Å². The summed E-state index contributed by atoms with van der Waals surface area (Å²) >= 11 is 0. The van der Waals surface area contributed by atoms with Crippen molar-refractivity contribution in [2.45, 2.75) is 92.9 Å². The van der Waals surface area contributed by atoms with Gasteiger partial charge in [0.2, 0.25) is 0 Å². The Kier molecular flexibility index (Phi) is 15.9. The zero-order valence-corrected chi connectivity index (χ0v) is 27.9. The van der Waals surface area contributed by atoms with Crippen LogP contribution in [0.2, 0.25) is 0 Å². The molecule has 3 heteroatoms. The van der Waals surface area contributed by atoms with Gasteiger partial charge in [-0.2, -0.15) is 0 Å². The van der Waals surface area contributed by atoms with Gasteiger partial charge in [-0.05, 0) is 61.1 Å². The zero-order chi connectivity index (χ0) is 31.6. The van der Waals surface area contributed by atoms with Gasteiger partial charge in [0.15, 0.2) is 0 Å². The van der Waals surface area contributed by atoms with Crippen molar-refractivity contribution in [2.24, 2.45) is 12.8 Å². The van der Waals surface area contributed by atoms with E-state index in [0.29, 0.717) is 5.70 Å². The summed E-state index contributed by atoms with van der Waals surface area (Å²) in [6.45, 7) is 16.7. The molecule has 1 aromatic heterocycles. The van der Waals surface area contributed by atoms with Crippen LogP contribution in [0, 0.1) is 6.92 Å².